The second kappa shape index (κ2) is 4.97. The lowest BCUT2D eigenvalue weighted by molar-refractivity contribution is 0.114. The molecule has 0 aromatic carbocycles. The molecule has 0 amide bonds. The van der Waals surface area contributed by atoms with Gasteiger partial charge in [0.15, 0.2) is 0 Å². The molecule has 1 N–H and O–H groups in total. The van der Waals surface area contributed by atoms with Crippen molar-refractivity contribution in [1.29, 1.82) is 0 Å². The molecule has 4 nitrogen and oxygen atoms in total. The number of nitrogens with one attached hydrogen (secondary N) is 1. The van der Waals surface area contributed by atoms with Gasteiger partial charge in [-0.15, -0.1) is 0 Å². The van der Waals surface area contributed by atoms with E-state index in [2.05, 4.69) is 29.2 Å². The zero-order chi connectivity index (χ0) is 11.5. The van der Waals surface area contributed by atoms with Crippen LogP contribution < -0.4 is 5.32 Å². The Kier molecular flexibility index (Phi) is 3.61. The van der Waals surface area contributed by atoms with Crippen LogP contribution in [-0.4, -0.2) is 35.7 Å². The first kappa shape index (κ1) is 11.6. The van der Waals surface area contributed by atoms with Gasteiger partial charge in [-0.1, -0.05) is 19.0 Å². The minimum atomic E-state index is 0.603. The third-order valence-electron chi connectivity index (χ3n) is 3.21. The van der Waals surface area contributed by atoms with E-state index in [4.69, 9.17) is 4.52 Å². The van der Waals surface area contributed by atoms with Gasteiger partial charge in [-0.05, 0) is 12.8 Å². The van der Waals surface area contributed by atoms with Crippen molar-refractivity contribution in [1.82, 2.24) is 15.4 Å². The third kappa shape index (κ3) is 2.62. The van der Waals surface area contributed by atoms with Gasteiger partial charge in [0.2, 0.25) is 0 Å². The average Bonchev–Trinajstić information content (AvgIpc) is 2.64. The summed E-state index contributed by atoms with van der Waals surface area (Å²) < 4.78 is 5.11. The van der Waals surface area contributed by atoms with Crippen LogP contribution in [-0.2, 0) is 6.54 Å². The Labute approximate surface area is 97.0 Å². The Morgan fingerprint density at radius 3 is 3.06 bits per heavy atom. The molecule has 4 heteroatoms. The van der Waals surface area contributed by atoms with E-state index in [-0.39, 0.29) is 0 Å². The maximum atomic E-state index is 5.11. The van der Waals surface area contributed by atoms with E-state index in [9.17, 15) is 0 Å². The van der Waals surface area contributed by atoms with Crippen LogP contribution in [0.15, 0.2) is 10.6 Å². The van der Waals surface area contributed by atoms with Crippen LogP contribution in [0.2, 0.25) is 0 Å². The Morgan fingerprint density at radius 2 is 2.44 bits per heavy atom. The molecule has 0 spiro atoms. The molecule has 1 atom stereocenters. The monoisotopic (exact) mass is 223 g/mol. The van der Waals surface area contributed by atoms with Crippen LogP contribution in [0.3, 0.4) is 0 Å². The minimum absolute atomic E-state index is 0.603. The van der Waals surface area contributed by atoms with Crippen LogP contribution in [0.25, 0.3) is 0 Å². The molecule has 0 radical (unpaired) electrons. The molecule has 90 valence electrons. The molecular formula is C12H21N3O. The fourth-order valence-electron chi connectivity index (χ4n) is 2.32. The van der Waals surface area contributed by atoms with E-state index >= 15 is 0 Å². The third-order valence-corrected chi connectivity index (χ3v) is 3.21. The molecule has 1 fully saturated rings. The first-order valence-electron chi connectivity index (χ1n) is 6.04. The van der Waals surface area contributed by atoms with Gasteiger partial charge in [0.1, 0.15) is 5.76 Å². The summed E-state index contributed by atoms with van der Waals surface area (Å²) in [6.07, 6.45) is 0. The highest BCUT2D eigenvalue weighted by Crippen LogP contribution is 2.16. The van der Waals surface area contributed by atoms with Gasteiger partial charge in [-0.25, -0.2) is 0 Å². The average molecular weight is 223 g/mol. The van der Waals surface area contributed by atoms with E-state index < -0.39 is 0 Å². The highest BCUT2D eigenvalue weighted by atomic mass is 16.5. The molecule has 1 aromatic heterocycles. The van der Waals surface area contributed by atoms with Gasteiger partial charge in [-0.2, -0.15) is 0 Å². The maximum absolute atomic E-state index is 5.11. The summed E-state index contributed by atoms with van der Waals surface area (Å²) in [4.78, 5) is 2.50. The highest BCUT2D eigenvalue weighted by Gasteiger charge is 2.25. The number of nitrogens with zero attached hydrogens (tertiary/aromatic N) is 2. The van der Waals surface area contributed by atoms with Gasteiger partial charge in [-0.3, -0.25) is 4.90 Å². The Bertz CT molecular complexity index is 335. The van der Waals surface area contributed by atoms with Crippen molar-refractivity contribution < 1.29 is 4.52 Å². The summed E-state index contributed by atoms with van der Waals surface area (Å²) in [5, 5.41) is 7.52. The predicted molar refractivity (Wildman–Crippen MR) is 63.1 cm³/mol. The van der Waals surface area contributed by atoms with Crippen molar-refractivity contribution in [2.24, 2.45) is 5.92 Å². The van der Waals surface area contributed by atoms with Gasteiger partial charge < -0.3 is 9.84 Å². The summed E-state index contributed by atoms with van der Waals surface area (Å²) in [5.41, 5.74) is 1.05. The Hall–Kier alpha value is -0.870. The van der Waals surface area contributed by atoms with E-state index in [1.54, 1.807) is 0 Å². The highest BCUT2D eigenvalue weighted by molar-refractivity contribution is 5.04. The van der Waals surface area contributed by atoms with E-state index in [1.807, 2.05) is 13.0 Å². The van der Waals surface area contributed by atoms with Crippen molar-refractivity contribution in [3.05, 3.63) is 17.5 Å². The summed E-state index contributed by atoms with van der Waals surface area (Å²) in [5.74, 6) is 1.56. The van der Waals surface area contributed by atoms with Crippen molar-refractivity contribution in [2.45, 2.75) is 33.4 Å². The fraction of sp³-hybridized carbons (Fsp3) is 0.750. The SMILES string of the molecule is Cc1cc(CN2CCNCC2C(C)C)no1. The Balaban J connectivity index is 2.01. The molecule has 0 aliphatic carbocycles. The number of piperazine rings is 1. The van der Waals surface area contributed by atoms with Crippen molar-refractivity contribution >= 4 is 0 Å². The maximum Gasteiger partial charge on any atom is 0.133 e. The fourth-order valence-corrected chi connectivity index (χ4v) is 2.32. The molecular weight excluding hydrogens is 202 g/mol. The summed E-state index contributed by atoms with van der Waals surface area (Å²) >= 11 is 0. The van der Waals surface area contributed by atoms with Crippen LogP contribution in [0.1, 0.15) is 25.3 Å². The van der Waals surface area contributed by atoms with E-state index in [1.165, 1.54) is 0 Å². The lowest BCUT2D eigenvalue weighted by Gasteiger charge is -2.38. The van der Waals surface area contributed by atoms with Crippen molar-refractivity contribution in [2.75, 3.05) is 19.6 Å². The predicted octanol–water partition coefficient (Wildman–Crippen LogP) is 1.41. The molecule has 16 heavy (non-hydrogen) atoms. The van der Waals surface area contributed by atoms with E-state index in [0.717, 1.165) is 37.6 Å². The summed E-state index contributed by atoms with van der Waals surface area (Å²) in [7, 11) is 0. The molecule has 2 heterocycles. The molecule has 1 unspecified atom stereocenters. The molecule has 1 saturated heterocycles. The lowest BCUT2D eigenvalue weighted by Crippen LogP contribution is -2.53. The van der Waals surface area contributed by atoms with Crippen LogP contribution in [0.4, 0.5) is 0 Å². The lowest BCUT2D eigenvalue weighted by atomic mass is 10.0. The van der Waals surface area contributed by atoms with E-state index in [0.29, 0.717) is 12.0 Å². The first-order chi connectivity index (χ1) is 7.66. The van der Waals surface area contributed by atoms with Gasteiger partial charge in [0.25, 0.3) is 0 Å². The number of aryl methyl sites for hydroxylation is 1. The Morgan fingerprint density at radius 1 is 1.62 bits per heavy atom. The molecule has 1 aromatic rings. The minimum Gasteiger partial charge on any atom is -0.361 e. The molecule has 0 bridgehead atoms. The summed E-state index contributed by atoms with van der Waals surface area (Å²) in [6.45, 7) is 10.6. The zero-order valence-corrected chi connectivity index (χ0v) is 10.4. The van der Waals surface area contributed by atoms with Crippen LogP contribution in [0, 0.1) is 12.8 Å². The number of aromatic nitrogens is 1. The molecule has 2 rings (SSSR count). The zero-order valence-electron chi connectivity index (χ0n) is 10.4. The largest absolute Gasteiger partial charge is 0.361 e. The van der Waals surface area contributed by atoms with Crippen molar-refractivity contribution in [3.63, 3.8) is 0 Å². The van der Waals surface area contributed by atoms with Gasteiger partial charge in [0, 0.05) is 38.3 Å². The molecule has 1 aliphatic rings. The first-order valence-corrected chi connectivity index (χ1v) is 6.04. The standard InChI is InChI=1S/C12H21N3O/c1-9(2)12-7-13-4-5-15(12)8-11-6-10(3)16-14-11/h6,9,12-13H,4-5,7-8H2,1-3H3. The normalized spacial score (nSPS) is 22.9. The van der Waals surface area contributed by atoms with Gasteiger partial charge in [0.05, 0.1) is 5.69 Å². The topological polar surface area (TPSA) is 41.3 Å². The molecule has 0 saturated carbocycles. The van der Waals surface area contributed by atoms with Crippen molar-refractivity contribution in [3.8, 4) is 0 Å². The number of hydrogen-bond donors (Lipinski definition) is 1. The quantitative estimate of drug-likeness (QED) is 0.841. The molecule has 1 aliphatic heterocycles. The van der Waals surface area contributed by atoms with Gasteiger partial charge >= 0.3 is 0 Å². The number of rotatable bonds is 3. The second-order valence-corrected chi connectivity index (χ2v) is 4.91. The summed E-state index contributed by atoms with van der Waals surface area (Å²) in [6, 6.07) is 2.63. The second-order valence-electron chi connectivity index (χ2n) is 4.91. The number of hydrogen-bond acceptors (Lipinski definition) is 4. The smallest absolute Gasteiger partial charge is 0.133 e. The van der Waals surface area contributed by atoms with Crippen LogP contribution >= 0.6 is 0 Å². The van der Waals surface area contributed by atoms with Crippen LogP contribution in [0.5, 0.6) is 0 Å².